The minimum Gasteiger partial charge on any atom is -0.453 e. The fraction of sp³-hybridized carbons (Fsp3) is 0.550. The lowest BCUT2D eigenvalue weighted by Gasteiger charge is -2.27. The highest BCUT2D eigenvalue weighted by Gasteiger charge is 2.25. The van der Waals surface area contributed by atoms with Crippen LogP contribution < -0.4 is 16.4 Å². The molecular formula is C20H29N3O4. The van der Waals surface area contributed by atoms with Gasteiger partial charge in [0.25, 0.3) is 5.91 Å². The van der Waals surface area contributed by atoms with E-state index in [-0.39, 0.29) is 24.3 Å². The van der Waals surface area contributed by atoms with Crippen molar-refractivity contribution in [2.45, 2.75) is 64.0 Å². The molecule has 1 aliphatic carbocycles. The number of nitrogens with one attached hydrogen (secondary N) is 2. The Bertz CT molecular complexity index is 662. The molecule has 0 saturated carbocycles. The topological polar surface area (TPSA) is 111 Å². The van der Waals surface area contributed by atoms with E-state index in [1.54, 1.807) is 6.92 Å². The van der Waals surface area contributed by atoms with Crippen molar-refractivity contribution in [2.24, 2.45) is 5.73 Å². The first kappa shape index (κ1) is 20.7. The normalized spacial score (nSPS) is 16.7. The maximum absolute atomic E-state index is 12.4. The van der Waals surface area contributed by atoms with E-state index < -0.39 is 12.1 Å². The minimum absolute atomic E-state index is 0.0265. The molecule has 1 aromatic rings. The molecule has 0 radical (unpaired) electrons. The van der Waals surface area contributed by atoms with Crippen LogP contribution in [0.1, 0.15) is 62.6 Å². The molecule has 2 rings (SSSR count). The first-order valence-corrected chi connectivity index (χ1v) is 9.58. The van der Waals surface area contributed by atoms with Crippen molar-refractivity contribution in [1.29, 1.82) is 0 Å². The van der Waals surface area contributed by atoms with Crippen LogP contribution in [0.3, 0.4) is 0 Å². The Hall–Kier alpha value is -2.57. The monoisotopic (exact) mass is 375 g/mol. The largest absolute Gasteiger partial charge is 0.453 e. The summed E-state index contributed by atoms with van der Waals surface area (Å²) >= 11 is 0. The van der Waals surface area contributed by atoms with Crippen molar-refractivity contribution in [2.75, 3.05) is 6.54 Å². The molecule has 0 spiro atoms. The van der Waals surface area contributed by atoms with E-state index in [0.29, 0.717) is 13.0 Å². The summed E-state index contributed by atoms with van der Waals surface area (Å²) in [5.41, 5.74) is 7.39. The van der Waals surface area contributed by atoms with Crippen LogP contribution in [0.5, 0.6) is 0 Å². The summed E-state index contributed by atoms with van der Waals surface area (Å²) in [4.78, 5) is 34.8. The van der Waals surface area contributed by atoms with E-state index in [4.69, 9.17) is 10.5 Å². The van der Waals surface area contributed by atoms with Crippen LogP contribution in [-0.2, 0) is 20.7 Å². The average molecular weight is 375 g/mol. The Morgan fingerprint density at radius 1 is 1.22 bits per heavy atom. The fourth-order valence-corrected chi connectivity index (χ4v) is 3.29. The van der Waals surface area contributed by atoms with Gasteiger partial charge >= 0.3 is 12.0 Å². The number of hydrogen-bond donors (Lipinski definition) is 3. The third-order valence-corrected chi connectivity index (χ3v) is 4.72. The minimum atomic E-state index is -0.817. The molecule has 0 heterocycles. The number of aryl methyl sites for hydroxylation is 1. The van der Waals surface area contributed by atoms with Gasteiger partial charge in [0.1, 0.15) is 0 Å². The van der Waals surface area contributed by atoms with Crippen molar-refractivity contribution in [3.05, 3.63) is 35.4 Å². The summed E-state index contributed by atoms with van der Waals surface area (Å²) in [6.07, 6.45) is 4.54. The van der Waals surface area contributed by atoms with Crippen molar-refractivity contribution in [3.63, 3.8) is 0 Å². The van der Waals surface area contributed by atoms with Gasteiger partial charge in [-0.1, -0.05) is 30.7 Å². The quantitative estimate of drug-likeness (QED) is 0.454. The fourth-order valence-electron chi connectivity index (χ4n) is 3.29. The van der Waals surface area contributed by atoms with Gasteiger partial charge in [0, 0.05) is 13.0 Å². The van der Waals surface area contributed by atoms with Gasteiger partial charge in [-0.3, -0.25) is 9.59 Å². The van der Waals surface area contributed by atoms with Crippen LogP contribution in [0.4, 0.5) is 4.79 Å². The van der Waals surface area contributed by atoms with Gasteiger partial charge in [-0.05, 0) is 50.2 Å². The number of rotatable bonds is 9. The predicted molar refractivity (Wildman–Crippen MR) is 102 cm³/mol. The SMILES string of the molecule is C[C@@H](OC(=O)CCCCCNC(N)=O)C(=O)N[C@H]1CCCc2ccccc21. The molecule has 2 atom stereocenters. The third kappa shape index (κ3) is 6.92. The highest BCUT2D eigenvalue weighted by Crippen LogP contribution is 2.29. The molecule has 0 aromatic heterocycles. The highest BCUT2D eigenvalue weighted by atomic mass is 16.5. The number of ether oxygens (including phenoxy) is 1. The van der Waals surface area contributed by atoms with Crippen molar-refractivity contribution < 1.29 is 19.1 Å². The standard InChI is InChI=1S/C20H29N3O4/c1-14(27-18(24)12-3-2-6-13-22-20(21)26)19(25)23-17-11-7-9-15-8-4-5-10-16(15)17/h4-5,8,10,14,17H,2-3,6-7,9,11-13H2,1H3,(H,23,25)(H3,21,22,26)/t14-,17+/m1/s1. The Labute approximate surface area is 160 Å². The smallest absolute Gasteiger partial charge is 0.312 e. The molecule has 0 unspecified atom stereocenters. The lowest BCUT2D eigenvalue weighted by Crippen LogP contribution is -2.39. The Balaban J connectivity index is 1.70. The van der Waals surface area contributed by atoms with Crippen LogP contribution in [0.25, 0.3) is 0 Å². The van der Waals surface area contributed by atoms with E-state index in [0.717, 1.165) is 37.7 Å². The number of unbranched alkanes of at least 4 members (excludes halogenated alkanes) is 2. The summed E-state index contributed by atoms with van der Waals surface area (Å²) < 4.78 is 5.25. The second-order valence-electron chi connectivity index (χ2n) is 6.89. The van der Waals surface area contributed by atoms with Gasteiger partial charge in [0.15, 0.2) is 6.10 Å². The number of fused-ring (bicyclic) bond motifs is 1. The summed E-state index contributed by atoms with van der Waals surface area (Å²) in [5.74, 6) is -0.653. The number of carbonyl (C=O) groups is 3. The highest BCUT2D eigenvalue weighted by molar-refractivity contribution is 5.83. The second-order valence-corrected chi connectivity index (χ2v) is 6.89. The Morgan fingerprint density at radius 3 is 2.78 bits per heavy atom. The molecule has 1 aliphatic rings. The van der Waals surface area contributed by atoms with Gasteiger partial charge < -0.3 is 21.1 Å². The molecule has 7 heteroatoms. The molecule has 0 bridgehead atoms. The third-order valence-electron chi connectivity index (χ3n) is 4.72. The molecule has 0 fully saturated rings. The number of nitrogens with two attached hydrogens (primary N) is 1. The summed E-state index contributed by atoms with van der Waals surface area (Å²) in [6, 6.07) is 7.55. The van der Waals surface area contributed by atoms with E-state index in [1.807, 2.05) is 18.2 Å². The van der Waals surface area contributed by atoms with Gasteiger partial charge in [-0.25, -0.2) is 4.79 Å². The van der Waals surface area contributed by atoms with Gasteiger partial charge in [-0.15, -0.1) is 0 Å². The van der Waals surface area contributed by atoms with Gasteiger partial charge in [0.05, 0.1) is 6.04 Å². The second kappa shape index (κ2) is 10.5. The summed E-state index contributed by atoms with van der Waals surface area (Å²) in [7, 11) is 0. The number of amides is 3. The van der Waals surface area contributed by atoms with Crippen LogP contribution in [-0.4, -0.2) is 30.6 Å². The number of primary amides is 1. The summed E-state index contributed by atoms with van der Waals surface area (Å²) in [5, 5.41) is 5.50. The van der Waals surface area contributed by atoms with E-state index >= 15 is 0 Å². The van der Waals surface area contributed by atoms with E-state index in [9.17, 15) is 14.4 Å². The average Bonchev–Trinajstić information content (AvgIpc) is 2.64. The maximum Gasteiger partial charge on any atom is 0.312 e. The van der Waals surface area contributed by atoms with Crippen LogP contribution >= 0.6 is 0 Å². The zero-order chi connectivity index (χ0) is 19.6. The lowest BCUT2D eigenvalue weighted by atomic mass is 9.87. The molecule has 27 heavy (non-hydrogen) atoms. The van der Waals surface area contributed by atoms with Crippen molar-refractivity contribution >= 4 is 17.9 Å². The van der Waals surface area contributed by atoms with Crippen LogP contribution in [0.15, 0.2) is 24.3 Å². The first-order valence-electron chi connectivity index (χ1n) is 9.58. The number of urea groups is 1. The van der Waals surface area contributed by atoms with Gasteiger partial charge in [0.2, 0.25) is 0 Å². The molecular weight excluding hydrogens is 346 g/mol. The molecule has 4 N–H and O–H groups in total. The molecule has 1 aromatic carbocycles. The zero-order valence-electron chi connectivity index (χ0n) is 15.8. The molecule has 0 aliphatic heterocycles. The zero-order valence-corrected chi connectivity index (χ0v) is 15.8. The lowest BCUT2D eigenvalue weighted by molar-refractivity contribution is -0.155. The number of esters is 1. The Kier molecular flexibility index (Phi) is 8.10. The van der Waals surface area contributed by atoms with E-state index in [1.165, 1.54) is 5.56 Å². The van der Waals surface area contributed by atoms with Crippen LogP contribution in [0, 0.1) is 0 Å². The molecule has 7 nitrogen and oxygen atoms in total. The van der Waals surface area contributed by atoms with Gasteiger partial charge in [-0.2, -0.15) is 0 Å². The molecule has 0 saturated heterocycles. The van der Waals surface area contributed by atoms with Crippen molar-refractivity contribution in [1.82, 2.24) is 10.6 Å². The number of benzene rings is 1. The maximum atomic E-state index is 12.4. The molecule has 148 valence electrons. The first-order chi connectivity index (χ1) is 13.0. The predicted octanol–water partition coefficient (Wildman–Crippen LogP) is 2.34. The van der Waals surface area contributed by atoms with E-state index in [2.05, 4.69) is 16.7 Å². The number of carbonyl (C=O) groups excluding carboxylic acids is 3. The Morgan fingerprint density at radius 2 is 2.00 bits per heavy atom. The van der Waals surface area contributed by atoms with Crippen LogP contribution in [0.2, 0.25) is 0 Å². The summed E-state index contributed by atoms with van der Waals surface area (Å²) in [6.45, 7) is 2.09. The van der Waals surface area contributed by atoms with Crippen molar-refractivity contribution in [3.8, 4) is 0 Å². The molecule has 3 amide bonds. The number of hydrogen-bond acceptors (Lipinski definition) is 4.